The quantitative estimate of drug-likeness (QED) is 0.559. The van der Waals surface area contributed by atoms with Crippen LogP contribution in [0.5, 0.6) is 0 Å². The van der Waals surface area contributed by atoms with E-state index in [0.29, 0.717) is 0 Å². The van der Waals surface area contributed by atoms with Crippen LogP contribution in [0.3, 0.4) is 0 Å². The Morgan fingerprint density at radius 1 is 1.45 bits per heavy atom. The van der Waals surface area contributed by atoms with E-state index in [1.807, 2.05) is 6.92 Å². The summed E-state index contributed by atoms with van der Waals surface area (Å²) in [6, 6.07) is 0. The highest BCUT2D eigenvalue weighted by molar-refractivity contribution is 5.11. The van der Waals surface area contributed by atoms with E-state index in [1.165, 1.54) is 25.9 Å². The molecule has 0 atom stereocenters. The molecule has 0 aromatic rings. The van der Waals surface area contributed by atoms with Gasteiger partial charge in [-0.15, -0.1) is 0 Å². The predicted octanol–water partition coefficient (Wildman–Crippen LogP) is 2.21. The molecule has 0 N–H and O–H groups in total. The SMILES string of the molecule is C=C(C)/C=C/CN1CCCC1. The summed E-state index contributed by atoms with van der Waals surface area (Å²) in [5.74, 6) is 0. The Bertz CT molecular complexity index is 152. The first-order chi connectivity index (χ1) is 5.29. The van der Waals surface area contributed by atoms with E-state index < -0.39 is 0 Å². The van der Waals surface area contributed by atoms with Gasteiger partial charge < -0.3 is 0 Å². The Morgan fingerprint density at radius 3 is 2.64 bits per heavy atom. The molecule has 1 fully saturated rings. The Labute approximate surface area is 69.4 Å². The van der Waals surface area contributed by atoms with Gasteiger partial charge in [0.1, 0.15) is 0 Å². The van der Waals surface area contributed by atoms with Crippen molar-refractivity contribution < 1.29 is 0 Å². The zero-order valence-electron chi connectivity index (χ0n) is 7.34. The molecule has 11 heavy (non-hydrogen) atoms. The summed E-state index contributed by atoms with van der Waals surface area (Å²) in [7, 11) is 0. The van der Waals surface area contributed by atoms with Crippen molar-refractivity contribution in [2.75, 3.05) is 19.6 Å². The van der Waals surface area contributed by atoms with Gasteiger partial charge >= 0.3 is 0 Å². The number of rotatable bonds is 3. The van der Waals surface area contributed by atoms with Crippen LogP contribution in [0.25, 0.3) is 0 Å². The second kappa shape index (κ2) is 4.35. The summed E-state index contributed by atoms with van der Waals surface area (Å²) in [4.78, 5) is 2.47. The standard InChI is InChI=1S/C10H17N/c1-10(2)6-5-9-11-7-3-4-8-11/h5-6H,1,3-4,7-9H2,2H3/b6-5+. The van der Waals surface area contributed by atoms with Gasteiger partial charge in [0, 0.05) is 6.54 Å². The van der Waals surface area contributed by atoms with Crippen LogP contribution in [0, 0.1) is 0 Å². The van der Waals surface area contributed by atoms with Crippen molar-refractivity contribution >= 4 is 0 Å². The highest BCUT2D eigenvalue weighted by atomic mass is 15.1. The molecule has 1 heterocycles. The second-order valence-electron chi connectivity index (χ2n) is 3.26. The molecule has 0 bridgehead atoms. The molecule has 0 amide bonds. The third kappa shape index (κ3) is 3.38. The number of nitrogens with zero attached hydrogens (tertiary/aromatic N) is 1. The van der Waals surface area contributed by atoms with Gasteiger partial charge in [-0.05, 0) is 32.9 Å². The Morgan fingerprint density at radius 2 is 2.09 bits per heavy atom. The van der Waals surface area contributed by atoms with Crippen molar-refractivity contribution in [3.63, 3.8) is 0 Å². The van der Waals surface area contributed by atoms with E-state index in [9.17, 15) is 0 Å². The second-order valence-corrected chi connectivity index (χ2v) is 3.26. The minimum atomic E-state index is 1.10. The lowest BCUT2D eigenvalue weighted by Crippen LogP contribution is -2.18. The maximum Gasteiger partial charge on any atom is 0.0166 e. The van der Waals surface area contributed by atoms with Crippen molar-refractivity contribution in [3.8, 4) is 0 Å². The molecular formula is C10H17N. The van der Waals surface area contributed by atoms with E-state index >= 15 is 0 Å². The summed E-state index contributed by atoms with van der Waals surface area (Å²) in [5.41, 5.74) is 1.14. The molecular weight excluding hydrogens is 134 g/mol. The van der Waals surface area contributed by atoms with Crippen molar-refractivity contribution in [3.05, 3.63) is 24.3 Å². The minimum Gasteiger partial charge on any atom is -0.300 e. The summed E-state index contributed by atoms with van der Waals surface area (Å²) in [5, 5.41) is 0. The molecule has 1 nitrogen and oxygen atoms in total. The van der Waals surface area contributed by atoms with Crippen LogP contribution < -0.4 is 0 Å². The average Bonchev–Trinajstić information content (AvgIpc) is 2.39. The van der Waals surface area contributed by atoms with Crippen LogP contribution in [-0.4, -0.2) is 24.5 Å². The van der Waals surface area contributed by atoms with Crippen molar-refractivity contribution in [1.82, 2.24) is 4.90 Å². The average molecular weight is 151 g/mol. The van der Waals surface area contributed by atoms with Crippen molar-refractivity contribution in [2.45, 2.75) is 19.8 Å². The molecule has 1 aliphatic rings. The molecule has 0 aromatic carbocycles. The fourth-order valence-corrected chi connectivity index (χ4v) is 1.37. The van der Waals surface area contributed by atoms with E-state index in [1.54, 1.807) is 0 Å². The maximum absolute atomic E-state index is 3.81. The highest BCUT2D eigenvalue weighted by Crippen LogP contribution is 2.06. The number of hydrogen-bond donors (Lipinski definition) is 0. The summed E-state index contributed by atoms with van der Waals surface area (Å²) < 4.78 is 0. The monoisotopic (exact) mass is 151 g/mol. The Balaban J connectivity index is 2.15. The van der Waals surface area contributed by atoms with Crippen LogP contribution in [0.1, 0.15) is 19.8 Å². The first-order valence-electron chi connectivity index (χ1n) is 4.33. The summed E-state index contributed by atoms with van der Waals surface area (Å²) in [6.45, 7) is 9.50. The molecule has 0 unspecified atom stereocenters. The predicted molar refractivity (Wildman–Crippen MR) is 49.6 cm³/mol. The Hall–Kier alpha value is -0.560. The lowest BCUT2D eigenvalue weighted by molar-refractivity contribution is 0.377. The zero-order valence-corrected chi connectivity index (χ0v) is 7.34. The van der Waals surface area contributed by atoms with E-state index in [4.69, 9.17) is 0 Å². The van der Waals surface area contributed by atoms with Crippen molar-refractivity contribution in [1.29, 1.82) is 0 Å². The van der Waals surface area contributed by atoms with Gasteiger partial charge in [0.05, 0.1) is 0 Å². The molecule has 0 aromatic heterocycles. The molecule has 1 saturated heterocycles. The maximum atomic E-state index is 3.81. The van der Waals surface area contributed by atoms with Crippen LogP contribution >= 0.6 is 0 Å². The van der Waals surface area contributed by atoms with E-state index in [0.717, 1.165) is 12.1 Å². The molecule has 0 radical (unpaired) electrons. The van der Waals surface area contributed by atoms with Gasteiger partial charge in [-0.2, -0.15) is 0 Å². The summed E-state index contributed by atoms with van der Waals surface area (Å²) >= 11 is 0. The molecule has 0 aliphatic carbocycles. The van der Waals surface area contributed by atoms with Crippen LogP contribution in [0.4, 0.5) is 0 Å². The van der Waals surface area contributed by atoms with Crippen LogP contribution in [0.2, 0.25) is 0 Å². The molecule has 62 valence electrons. The van der Waals surface area contributed by atoms with Crippen LogP contribution in [-0.2, 0) is 0 Å². The molecule has 0 saturated carbocycles. The Kier molecular flexibility index (Phi) is 3.37. The minimum absolute atomic E-state index is 1.10. The molecule has 1 rings (SSSR count). The van der Waals surface area contributed by atoms with E-state index in [2.05, 4.69) is 23.6 Å². The lowest BCUT2D eigenvalue weighted by Gasteiger charge is -2.10. The smallest absolute Gasteiger partial charge is 0.0166 e. The van der Waals surface area contributed by atoms with Crippen molar-refractivity contribution in [2.24, 2.45) is 0 Å². The van der Waals surface area contributed by atoms with Gasteiger partial charge in [0.15, 0.2) is 0 Å². The topological polar surface area (TPSA) is 3.24 Å². The number of allylic oxidation sites excluding steroid dienone is 2. The van der Waals surface area contributed by atoms with Crippen LogP contribution in [0.15, 0.2) is 24.3 Å². The fraction of sp³-hybridized carbons (Fsp3) is 0.600. The highest BCUT2D eigenvalue weighted by Gasteiger charge is 2.08. The first kappa shape index (κ1) is 8.54. The number of likely N-dealkylation sites (tertiary alicyclic amines) is 1. The van der Waals surface area contributed by atoms with E-state index in [-0.39, 0.29) is 0 Å². The summed E-state index contributed by atoms with van der Waals surface area (Å²) in [6.07, 6.45) is 7.05. The van der Waals surface area contributed by atoms with Gasteiger partial charge in [0.2, 0.25) is 0 Å². The zero-order chi connectivity index (χ0) is 8.10. The van der Waals surface area contributed by atoms with Gasteiger partial charge in [0.25, 0.3) is 0 Å². The van der Waals surface area contributed by atoms with Gasteiger partial charge in [-0.1, -0.05) is 24.3 Å². The first-order valence-corrected chi connectivity index (χ1v) is 4.33. The fourth-order valence-electron chi connectivity index (χ4n) is 1.37. The van der Waals surface area contributed by atoms with Gasteiger partial charge in [-0.3, -0.25) is 4.90 Å². The number of hydrogen-bond acceptors (Lipinski definition) is 1. The normalized spacial score (nSPS) is 19.7. The molecule has 1 aliphatic heterocycles. The third-order valence-corrected chi connectivity index (χ3v) is 1.96. The lowest BCUT2D eigenvalue weighted by atomic mass is 10.3. The molecule has 1 heteroatoms. The third-order valence-electron chi connectivity index (χ3n) is 1.96. The molecule has 0 spiro atoms. The largest absolute Gasteiger partial charge is 0.300 e. The van der Waals surface area contributed by atoms with Gasteiger partial charge in [-0.25, -0.2) is 0 Å².